The number of esters is 1. The molecule has 2 aromatic carbocycles. The van der Waals surface area contributed by atoms with E-state index in [4.69, 9.17) is 9.47 Å². The van der Waals surface area contributed by atoms with Gasteiger partial charge in [0, 0.05) is 12.0 Å². The highest BCUT2D eigenvalue weighted by atomic mass is 16.6. The van der Waals surface area contributed by atoms with Crippen LogP contribution in [0, 0.1) is 24.2 Å². The summed E-state index contributed by atoms with van der Waals surface area (Å²) in [6.07, 6.45) is -0.289. The molecular formula is C35H48N4O7. The summed E-state index contributed by atoms with van der Waals surface area (Å²) in [4.78, 5) is 55.8. The largest absolute Gasteiger partial charge is 0.507 e. The molecule has 4 unspecified atom stereocenters. The summed E-state index contributed by atoms with van der Waals surface area (Å²) >= 11 is 0. The molecule has 0 aliphatic heterocycles. The summed E-state index contributed by atoms with van der Waals surface area (Å²) in [6.45, 7) is 14.8. The van der Waals surface area contributed by atoms with Gasteiger partial charge in [-0.1, -0.05) is 68.8 Å². The Kier molecular flexibility index (Phi) is 13.2. The number of carbonyl (C=O) groups is 4. The van der Waals surface area contributed by atoms with Crippen molar-refractivity contribution in [3.63, 3.8) is 0 Å². The van der Waals surface area contributed by atoms with Crippen LogP contribution in [0.2, 0.25) is 0 Å². The first kappa shape index (κ1) is 37.6. The van der Waals surface area contributed by atoms with Gasteiger partial charge in [-0.25, -0.2) is 9.59 Å². The Labute approximate surface area is 272 Å². The van der Waals surface area contributed by atoms with E-state index in [-0.39, 0.29) is 17.7 Å². The molecule has 0 aromatic heterocycles. The number of nitrogens with one attached hydrogen (secondary N) is 2. The average molecular weight is 637 g/mol. The highest BCUT2D eigenvalue weighted by Gasteiger charge is 2.40. The third-order valence-electron chi connectivity index (χ3n) is 7.09. The molecule has 0 radical (unpaired) electrons. The molecule has 0 bridgehead atoms. The molecular weight excluding hydrogens is 588 g/mol. The van der Waals surface area contributed by atoms with E-state index in [2.05, 4.69) is 10.6 Å². The number of phenols is 1. The number of benzene rings is 2. The number of hydrogen-bond acceptors (Lipinski definition) is 8. The molecule has 3 N–H and O–H groups in total. The van der Waals surface area contributed by atoms with Gasteiger partial charge in [0.05, 0.1) is 6.07 Å². The van der Waals surface area contributed by atoms with E-state index >= 15 is 0 Å². The smallest absolute Gasteiger partial charge is 0.408 e. The number of rotatable bonds is 12. The number of hydrogen-bond donors (Lipinski definition) is 3. The Morgan fingerprint density at radius 2 is 1.54 bits per heavy atom. The summed E-state index contributed by atoms with van der Waals surface area (Å²) in [5.74, 6) is -2.94. The average Bonchev–Trinajstić information content (AvgIpc) is 2.95. The number of nitrogens with zero attached hydrogens (tertiary/aromatic N) is 2. The Hall–Kier alpha value is -4.59. The second kappa shape index (κ2) is 16.1. The number of alkyl carbamates (subject to hydrolysis) is 1. The minimum atomic E-state index is -1.56. The van der Waals surface area contributed by atoms with E-state index in [0.29, 0.717) is 12.0 Å². The lowest BCUT2D eigenvalue weighted by Crippen LogP contribution is -2.56. The third-order valence-corrected chi connectivity index (χ3v) is 7.09. The van der Waals surface area contributed by atoms with E-state index in [0.717, 1.165) is 10.5 Å². The molecule has 2 rings (SSSR count). The van der Waals surface area contributed by atoms with Crippen molar-refractivity contribution in [2.45, 2.75) is 104 Å². The van der Waals surface area contributed by atoms with Crippen LogP contribution < -0.4 is 10.6 Å². The maximum absolute atomic E-state index is 14.3. The Morgan fingerprint density at radius 3 is 2.09 bits per heavy atom. The molecule has 0 aliphatic carbocycles. The SMILES string of the molecule is CCC(C)C(NC(=O)OC(C)(C)C)C(=O)N(CC#N)C(C(=O)NC(Cc1ccccc1)C(=O)OC(C)(C)C)c1cccc(C)c1O. The van der Waals surface area contributed by atoms with E-state index in [1.807, 2.05) is 19.1 Å². The van der Waals surface area contributed by atoms with Gasteiger partial charge >= 0.3 is 12.1 Å². The van der Waals surface area contributed by atoms with Gasteiger partial charge in [-0.3, -0.25) is 9.59 Å². The van der Waals surface area contributed by atoms with E-state index in [1.165, 1.54) is 6.07 Å². The first-order valence-electron chi connectivity index (χ1n) is 15.4. The first-order chi connectivity index (χ1) is 21.4. The maximum Gasteiger partial charge on any atom is 0.408 e. The number of phenolic OH excluding ortho intramolecular Hbond substituents is 1. The summed E-state index contributed by atoms with van der Waals surface area (Å²) in [5.41, 5.74) is -0.478. The van der Waals surface area contributed by atoms with Crippen LogP contribution in [0.1, 0.15) is 84.5 Å². The van der Waals surface area contributed by atoms with Crippen molar-refractivity contribution in [3.8, 4) is 11.8 Å². The van der Waals surface area contributed by atoms with Gasteiger partial charge in [-0.15, -0.1) is 0 Å². The lowest BCUT2D eigenvalue weighted by molar-refractivity contribution is -0.159. The van der Waals surface area contributed by atoms with E-state index < -0.39 is 65.7 Å². The highest BCUT2D eigenvalue weighted by Crippen LogP contribution is 2.33. The molecule has 4 atom stereocenters. The molecule has 0 saturated heterocycles. The molecule has 0 saturated carbocycles. The molecule has 11 heteroatoms. The number of para-hydroxylation sites is 1. The summed E-state index contributed by atoms with van der Waals surface area (Å²) in [7, 11) is 0. The maximum atomic E-state index is 14.3. The lowest BCUT2D eigenvalue weighted by Gasteiger charge is -2.35. The fraction of sp³-hybridized carbons (Fsp3) is 0.514. The normalized spacial score (nSPS) is 14.1. The van der Waals surface area contributed by atoms with Crippen LogP contribution in [-0.4, -0.2) is 63.7 Å². The van der Waals surface area contributed by atoms with Gasteiger partial charge in [-0.2, -0.15) is 5.26 Å². The predicted octanol–water partition coefficient (Wildman–Crippen LogP) is 5.10. The van der Waals surface area contributed by atoms with Crippen molar-refractivity contribution in [3.05, 3.63) is 65.2 Å². The van der Waals surface area contributed by atoms with Crippen LogP contribution in [0.4, 0.5) is 4.79 Å². The summed E-state index contributed by atoms with van der Waals surface area (Å²) in [5, 5.41) is 26.4. The molecule has 0 heterocycles. The summed E-state index contributed by atoms with van der Waals surface area (Å²) < 4.78 is 11.0. The van der Waals surface area contributed by atoms with Crippen LogP contribution in [-0.2, 0) is 30.3 Å². The standard InChI is InChI=1S/C35H48N4O7/c1-10-22(2)27(38-33(44)46-35(7,8)9)31(42)39(20-19-36)28(25-18-14-15-23(3)29(25)40)30(41)37-26(32(43)45-34(4,5)6)21-24-16-12-11-13-17-24/h11-18,22,26-28,40H,10,20-21H2,1-9H3,(H,37,41)(H,38,44). The number of aryl methyl sites for hydroxylation is 1. The molecule has 2 aromatic rings. The van der Waals surface area contributed by atoms with Gasteiger partial charge < -0.3 is 30.1 Å². The molecule has 46 heavy (non-hydrogen) atoms. The molecule has 0 aliphatic rings. The Bertz CT molecular complexity index is 1410. The van der Waals surface area contributed by atoms with Crippen molar-refractivity contribution in [2.75, 3.05) is 6.54 Å². The van der Waals surface area contributed by atoms with Crippen LogP contribution in [0.5, 0.6) is 5.75 Å². The molecule has 3 amide bonds. The van der Waals surface area contributed by atoms with E-state index in [1.54, 1.807) is 91.8 Å². The number of ether oxygens (including phenoxy) is 2. The summed E-state index contributed by atoms with van der Waals surface area (Å²) in [6, 6.07) is 11.8. The molecule has 250 valence electrons. The zero-order valence-corrected chi connectivity index (χ0v) is 28.3. The van der Waals surface area contributed by atoms with E-state index in [9.17, 15) is 29.5 Å². The minimum Gasteiger partial charge on any atom is -0.507 e. The minimum absolute atomic E-state index is 0.0453. The van der Waals surface area contributed by atoms with Crippen molar-refractivity contribution < 1.29 is 33.8 Å². The van der Waals surface area contributed by atoms with Gasteiger partial charge in [0.25, 0.3) is 0 Å². The topological polar surface area (TPSA) is 158 Å². The quantitative estimate of drug-likeness (QED) is 0.214. The molecule has 0 spiro atoms. The van der Waals surface area contributed by atoms with Crippen molar-refractivity contribution >= 4 is 23.9 Å². The van der Waals surface area contributed by atoms with Crippen LogP contribution in [0.15, 0.2) is 48.5 Å². The van der Waals surface area contributed by atoms with Gasteiger partial charge in [0.1, 0.15) is 41.6 Å². The van der Waals surface area contributed by atoms with Gasteiger partial charge in [0.15, 0.2) is 0 Å². The number of nitriles is 1. The zero-order valence-electron chi connectivity index (χ0n) is 28.3. The second-order valence-electron chi connectivity index (χ2n) is 13.3. The number of aromatic hydroxyl groups is 1. The fourth-order valence-electron chi connectivity index (χ4n) is 4.69. The Morgan fingerprint density at radius 1 is 0.935 bits per heavy atom. The first-order valence-corrected chi connectivity index (χ1v) is 15.4. The number of amides is 3. The molecule has 0 fully saturated rings. The van der Waals surface area contributed by atoms with Gasteiger partial charge in [0.2, 0.25) is 11.8 Å². The van der Waals surface area contributed by atoms with Crippen LogP contribution in [0.3, 0.4) is 0 Å². The van der Waals surface area contributed by atoms with Gasteiger partial charge in [-0.05, 0) is 65.5 Å². The predicted molar refractivity (Wildman–Crippen MR) is 173 cm³/mol. The number of carbonyl (C=O) groups excluding carboxylic acids is 4. The third kappa shape index (κ3) is 11.1. The van der Waals surface area contributed by atoms with Crippen molar-refractivity contribution in [1.29, 1.82) is 5.26 Å². The lowest BCUT2D eigenvalue weighted by atomic mass is 9.94. The van der Waals surface area contributed by atoms with Crippen molar-refractivity contribution in [2.24, 2.45) is 5.92 Å². The Balaban J connectivity index is 2.66. The zero-order chi connectivity index (χ0) is 34.8. The molecule has 11 nitrogen and oxygen atoms in total. The second-order valence-corrected chi connectivity index (χ2v) is 13.3. The fourth-order valence-corrected chi connectivity index (χ4v) is 4.69. The van der Waals surface area contributed by atoms with Crippen LogP contribution in [0.25, 0.3) is 0 Å². The van der Waals surface area contributed by atoms with Crippen molar-refractivity contribution in [1.82, 2.24) is 15.5 Å². The van der Waals surface area contributed by atoms with Crippen LogP contribution >= 0.6 is 0 Å². The monoisotopic (exact) mass is 636 g/mol. The highest BCUT2D eigenvalue weighted by molar-refractivity contribution is 5.94.